The van der Waals surface area contributed by atoms with Crippen LogP contribution in [0.4, 0.5) is 20.2 Å². The summed E-state index contributed by atoms with van der Waals surface area (Å²) >= 11 is 0. The Kier molecular flexibility index (Phi) is 5.87. The topological polar surface area (TPSA) is 50.4 Å². The lowest BCUT2D eigenvalue weighted by Crippen LogP contribution is -2.26. The van der Waals surface area contributed by atoms with E-state index in [1.807, 2.05) is 0 Å². The normalized spacial score (nSPS) is 13.2. The van der Waals surface area contributed by atoms with E-state index in [4.69, 9.17) is 4.74 Å². The van der Waals surface area contributed by atoms with Crippen molar-refractivity contribution in [2.75, 3.05) is 17.7 Å². The van der Waals surface area contributed by atoms with Crippen LogP contribution in [0.2, 0.25) is 0 Å². The van der Waals surface area contributed by atoms with E-state index in [0.717, 1.165) is 6.07 Å². The fourth-order valence-electron chi connectivity index (χ4n) is 2.22. The number of ether oxygens (including phenoxy) is 1. The Morgan fingerprint density at radius 2 is 1.79 bits per heavy atom. The maximum Gasteiger partial charge on any atom is 0.253 e. The van der Waals surface area contributed by atoms with Crippen molar-refractivity contribution >= 4 is 17.3 Å². The Morgan fingerprint density at radius 1 is 1.08 bits per heavy atom. The molecule has 2 aromatic carbocycles. The minimum absolute atomic E-state index is 0.257. The van der Waals surface area contributed by atoms with Gasteiger partial charge in [-0.3, -0.25) is 4.79 Å². The zero-order valence-electron chi connectivity index (χ0n) is 13.8. The molecule has 0 aliphatic carbocycles. The van der Waals surface area contributed by atoms with Gasteiger partial charge < -0.3 is 15.4 Å². The van der Waals surface area contributed by atoms with E-state index in [0.29, 0.717) is 16.9 Å². The molecular formula is C18H20F2N2O2. The standard InChI is InChI=1S/C18H20F2N2O2/c1-11(16-8-7-13(19)9-17(16)20)21-14-5-4-6-15(10-14)22-18(23)12(2)24-3/h4-12,21H,1-3H3,(H,22,23)/t11-,12-/m0/s1. The summed E-state index contributed by atoms with van der Waals surface area (Å²) in [5.41, 5.74) is 1.66. The summed E-state index contributed by atoms with van der Waals surface area (Å²) in [4.78, 5) is 11.8. The quantitative estimate of drug-likeness (QED) is 0.836. The Labute approximate surface area is 139 Å². The molecule has 0 unspecified atom stereocenters. The second kappa shape index (κ2) is 7.88. The summed E-state index contributed by atoms with van der Waals surface area (Å²) in [6, 6.07) is 10.2. The van der Waals surface area contributed by atoms with E-state index in [1.54, 1.807) is 38.1 Å². The van der Waals surface area contributed by atoms with Crippen LogP contribution in [0.1, 0.15) is 25.5 Å². The van der Waals surface area contributed by atoms with Gasteiger partial charge in [0.25, 0.3) is 5.91 Å². The third kappa shape index (κ3) is 4.52. The second-order valence-corrected chi connectivity index (χ2v) is 5.48. The van der Waals surface area contributed by atoms with Gasteiger partial charge in [-0.15, -0.1) is 0 Å². The molecule has 2 N–H and O–H groups in total. The van der Waals surface area contributed by atoms with E-state index in [9.17, 15) is 13.6 Å². The van der Waals surface area contributed by atoms with Gasteiger partial charge in [0, 0.05) is 30.1 Å². The van der Waals surface area contributed by atoms with E-state index in [-0.39, 0.29) is 11.9 Å². The summed E-state index contributed by atoms with van der Waals surface area (Å²) in [6.45, 7) is 3.42. The molecule has 0 spiro atoms. The number of halogens is 2. The Morgan fingerprint density at radius 3 is 2.46 bits per heavy atom. The first kappa shape index (κ1) is 17.9. The molecule has 0 radical (unpaired) electrons. The molecule has 0 saturated heterocycles. The van der Waals surface area contributed by atoms with Crippen molar-refractivity contribution in [2.45, 2.75) is 26.0 Å². The predicted octanol–water partition coefficient (Wildman–Crippen LogP) is 4.11. The van der Waals surface area contributed by atoms with Crippen molar-refractivity contribution < 1.29 is 18.3 Å². The third-order valence-corrected chi connectivity index (χ3v) is 3.67. The minimum Gasteiger partial charge on any atom is -0.378 e. The van der Waals surface area contributed by atoms with E-state index < -0.39 is 17.7 Å². The van der Waals surface area contributed by atoms with Crippen LogP contribution >= 0.6 is 0 Å². The smallest absolute Gasteiger partial charge is 0.253 e. The number of methoxy groups -OCH3 is 1. The zero-order chi connectivity index (χ0) is 17.7. The molecule has 0 aliphatic heterocycles. The molecule has 1 amide bonds. The van der Waals surface area contributed by atoms with Crippen LogP contribution in [0.15, 0.2) is 42.5 Å². The molecule has 4 nitrogen and oxygen atoms in total. The van der Waals surface area contributed by atoms with E-state index >= 15 is 0 Å². The van der Waals surface area contributed by atoms with Crippen LogP contribution in [0, 0.1) is 11.6 Å². The van der Waals surface area contributed by atoms with Crippen molar-refractivity contribution in [2.24, 2.45) is 0 Å². The van der Waals surface area contributed by atoms with Crippen LogP contribution in [0.5, 0.6) is 0 Å². The first-order valence-electron chi connectivity index (χ1n) is 7.56. The van der Waals surface area contributed by atoms with Crippen LogP contribution in [-0.2, 0) is 9.53 Å². The van der Waals surface area contributed by atoms with Crippen LogP contribution < -0.4 is 10.6 Å². The molecule has 2 atom stereocenters. The van der Waals surface area contributed by atoms with Gasteiger partial charge in [0.1, 0.15) is 17.7 Å². The molecule has 2 aromatic rings. The van der Waals surface area contributed by atoms with Gasteiger partial charge >= 0.3 is 0 Å². The largest absolute Gasteiger partial charge is 0.378 e. The number of carbonyl (C=O) groups is 1. The van der Waals surface area contributed by atoms with Crippen LogP contribution in [-0.4, -0.2) is 19.1 Å². The molecule has 2 rings (SSSR count). The van der Waals surface area contributed by atoms with Crippen molar-refractivity contribution in [1.29, 1.82) is 0 Å². The van der Waals surface area contributed by atoms with Gasteiger partial charge in [0.15, 0.2) is 0 Å². The highest BCUT2D eigenvalue weighted by Gasteiger charge is 2.13. The first-order valence-corrected chi connectivity index (χ1v) is 7.56. The highest BCUT2D eigenvalue weighted by molar-refractivity contribution is 5.94. The highest BCUT2D eigenvalue weighted by Crippen LogP contribution is 2.24. The lowest BCUT2D eigenvalue weighted by Gasteiger charge is -2.17. The molecule has 0 aromatic heterocycles. The Hall–Kier alpha value is -2.47. The van der Waals surface area contributed by atoms with Crippen molar-refractivity contribution in [3.63, 3.8) is 0 Å². The maximum atomic E-state index is 13.8. The number of nitrogens with one attached hydrogen (secondary N) is 2. The average Bonchev–Trinajstić information content (AvgIpc) is 2.54. The molecule has 0 fully saturated rings. The van der Waals surface area contributed by atoms with Gasteiger partial charge in [0.2, 0.25) is 0 Å². The first-order chi connectivity index (χ1) is 11.4. The number of hydrogen-bond acceptors (Lipinski definition) is 3. The van der Waals surface area contributed by atoms with Gasteiger partial charge in [-0.1, -0.05) is 12.1 Å². The zero-order valence-corrected chi connectivity index (χ0v) is 13.8. The van der Waals surface area contributed by atoms with E-state index in [1.165, 1.54) is 19.2 Å². The average molecular weight is 334 g/mol. The van der Waals surface area contributed by atoms with Crippen molar-refractivity contribution in [1.82, 2.24) is 0 Å². The second-order valence-electron chi connectivity index (χ2n) is 5.48. The summed E-state index contributed by atoms with van der Waals surface area (Å²) in [6.07, 6.45) is -0.561. The van der Waals surface area contributed by atoms with Gasteiger partial charge in [-0.25, -0.2) is 8.78 Å². The van der Waals surface area contributed by atoms with E-state index in [2.05, 4.69) is 10.6 Å². The van der Waals surface area contributed by atoms with Gasteiger partial charge in [0.05, 0.1) is 6.04 Å². The predicted molar refractivity (Wildman–Crippen MR) is 89.9 cm³/mol. The molecular weight excluding hydrogens is 314 g/mol. The summed E-state index contributed by atoms with van der Waals surface area (Å²) in [5.74, 6) is -1.47. The number of hydrogen-bond donors (Lipinski definition) is 2. The molecule has 0 heterocycles. The number of rotatable bonds is 6. The maximum absolute atomic E-state index is 13.8. The minimum atomic E-state index is -0.611. The van der Waals surface area contributed by atoms with Crippen molar-refractivity contribution in [3.05, 3.63) is 59.7 Å². The Balaban J connectivity index is 2.10. The fraction of sp³-hybridized carbons (Fsp3) is 0.278. The van der Waals surface area contributed by atoms with Gasteiger partial charge in [-0.05, 0) is 38.1 Å². The molecule has 0 aliphatic rings. The molecule has 0 bridgehead atoms. The summed E-state index contributed by atoms with van der Waals surface area (Å²) in [7, 11) is 1.46. The molecule has 24 heavy (non-hydrogen) atoms. The number of anilines is 2. The van der Waals surface area contributed by atoms with Crippen LogP contribution in [0.3, 0.4) is 0 Å². The number of amides is 1. The molecule has 6 heteroatoms. The Bertz CT molecular complexity index is 722. The summed E-state index contributed by atoms with van der Waals surface area (Å²) in [5, 5.41) is 5.87. The monoisotopic (exact) mass is 334 g/mol. The van der Waals surface area contributed by atoms with Crippen LogP contribution in [0.25, 0.3) is 0 Å². The fourth-order valence-corrected chi connectivity index (χ4v) is 2.22. The lowest BCUT2D eigenvalue weighted by atomic mass is 10.1. The highest BCUT2D eigenvalue weighted by atomic mass is 19.1. The number of carbonyl (C=O) groups excluding carboxylic acids is 1. The third-order valence-electron chi connectivity index (χ3n) is 3.67. The van der Waals surface area contributed by atoms with Gasteiger partial charge in [-0.2, -0.15) is 0 Å². The van der Waals surface area contributed by atoms with Crippen molar-refractivity contribution in [3.8, 4) is 0 Å². The molecule has 0 saturated carbocycles. The number of benzene rings is 2. The SMILES string of the molecule is CO[C@@H](C)C(=O)Nc1cccc(N[C@@H](C)c2ccc(F)cc2F)c1. The summed E-state index contributed by atoms with van der Waals surface area (Å²) < 4.78 is 31.8. The molecule has 128 valence electrons. The lowest BCUT2D eigenvalue weighted by molar-refractivity contribution is -0.124.